The van der Waals surface area contributed by atoms with Gasteiger partial charge in [0.25, 0.3) is 0 Å². The lowest BCUT2D eigenvalue weighted by molar-refractivity contribution is -0.131. The Kier molecular flexibility index (Phi) is 7.68. The summed E-state index contributed by atoms with van der Waals surface area (Å²) in [6, 6.07) is 5.21. The second-order valence-electron chi connectivity index (χ2n) is 7.20. The average molecular weight is 390 g/mol. The first-order chi connectivity index (χ1) is 13.7. The highest BCUT2D eigenvalue weighted by Crippen LogP contribution is 2.31. The van der Waals surface area contributed by atoms with E-state index < -0.39 is 0 Å². The number of ether oxygens (including phenoxy) is 3. The number of methoxy groups -OCH3 is 1. The molecule has 1 saturated heterocycles. The van der Waals surface area contributed by atoms with E-state index in [1.165, 1.54) is 0 Å². The number of hydrogen-bond acceptors (Lipinski definition) is 6. The molecule has 0 atom stereocenters. The van der Waals surface area contributed by atoms with Crippen LogP contribution in [0.1, 0.15) is 36.0 Å². The van der Waals surface area contributed by atoms with Gasteiger partial charge in [-0.15, -0.1) is 0 Å². The van der Waals surface area contributed by atoms with Crippen LogP contribution in [0, 0.1) is 0 Å². The van der Waals surface area contributed by atoms with Gasteiger partial charge in [-0.1, -0.05) is 0 Å². The molecule has 7 heteroatoms. The number of fused-ring (bicyclic) bond motifs is 1. The standard InChI is InChI=1S/C21H30N2O5/c1-26-13-3-9-22-8-2-10-23(12-11-22)21(25)7-5-18(24)17-4-6-19-20(16-17)28-15-14-27-19/h4,6,16H,2-3,5,7-15H2,1H3. The molecule has 0 saturated carbocycles. The molecule has 2 aliphatic rings. The molecule has 0 N–H and O–H groups in total. The van der Waals surface area contributed by atoms with Gasteiger partial charge in [0.15, 0.2) is 17.3 Å². The Hall–Kier alpha value is -2.12. The van der Waals surface area contributed by atoms with Crippen LogP contribution in [0.15, 0.2) is 18.2 Å². The van der Waals surface area contributed by atoms with E-state index in [2.05, 4.69) is 4.90 Å². The predicted octanol–water partition coefficient (Wildman–Crippen LogP) is 1.99. The van der Waals surface area contributed by atoms with E-state index in [0.717, 1.165) is 52.2 Å². The number of rotatable bonds is 8. The molecule has 154 valence electrons. The molecule has 28 heavy (non-hydrogen) atoms. The Balaban J connectivity index is 1.45. The fourth-order valence-corrected chi connectivity index (χ4v) is 3.62. The summed E-state index contributed by atoms with van der Waals surface area (Å²) in [5.41, 5.74) is 0.567. The summed E-state index contributed by atoms with van der Waals surface area (Å²) < 4.78 is 16.1. The first-order valence-corrected chi connectivity index (χ1v) is 10.1. The van der Waals surface area contributed by atoms with Gasteiger partial charge < -0.3 is 24.0 Å². The predicted molar refractivity (Wildman–Crippen MR) is 105 cm³/mol. The van der Waals surface area contributed by atoms with Gasteiger partial charge in [0, 0.05) is 58.3 Å². The summed E-state index contributed by atoms with van der Waals surface area (Å²) in [7, 11) is 1.72. The third kappa shape index (κ3) is 5.69. The molecule has 1 aromatic rings. The van der Waals surface area contributed by atoms with Gasteiger partial charge in [0.05, 0.1) is 0 Å². The van der Waals surface area contributed by atoms with Crippen molar-refractivity contribution < 1.29 is 23.8 Å². The second-order valence-corrected chi connectivity index (χ2v) is 7.20. The van der Waals surface area contributed by atoms with E-state index in [-0.39, 0.29) is 24.5 Å². The van der Waals surface area contributed by atoms with Crippen LogP contribution < -0.4 is 9.47 Å². The van der Waals surface area contributed by atoms with E-state index in [4.69, 9.17) is 14.2 Å². The summed E-state index contributed by atoms with van der Waals surface area (Å²) in [5.74, 6) is 1.29. The van der Waals surface area contributed by atoms with E-state index >= 15 is 0 Å². The van der Waals surface area contributed by atoms with Crippen LogP contribution in [0.25, 0.3) is 0 Å². The minimum absolute atomic E-state index is 0.0404. The highest BCUT2D eigenvalue weighted by atomic mass is 16.6. The molecule has 0 aromatic heterocycles. The monoisotopic (exact) mass is 390 g/mol. The molecule has 0 radical (unpaired) electrons. The van der Waals surface area contributed by atoms with Crippen LogP contribution in [0.4, 0.5) is 0 Å². The van der Waals surface area contributed by atoms with Gasteiger partial charge in [-0.2, -0.15) is 0 Å². The van der Waals surface area contributed by atoms with E-state index in [0.29, 0.717) is 30.3 Å². The quantitative estimate of drug-likeness (QED) is 0.500. The first kappa shape index (κ1) is 20.6. The lowest BCUT2D eigenvalue weighted by Crippen LogP contribution is -2.35. The number of hydrogen-bond donors (Lipinski definition) is 0. The molecule has 1 aromatic carbocycles. The van der Waals surface area contributed by atoms with Gasteiger partial charge in [0.2, 0.25) is 5.91 Å². The van der Waals surface area contributed by atoms with E-state index in [9.17, 15) is 9.59 Å². The maximum absolute atomic E-state index is 12.6. The Morgan fingerprint density at radius 1 is 1.04 bits per heavy atom. The van der Waals surface area contributed by atoms with Crippen LogP contribution in [0.3, 0.4) is 0 Å². The zero-order valence-electron chi connectivity index (χ0n) is 16.7. The molecule has 2 heterocycles. The zero-order chi connectivity index (χ0) is 19.8. The van der Waals surface area contributed by atoms with Gasteiger partial charge in [-0.3, -0.25) is 9.59 Å². The number of Topliss-reactive ketones (excluding diaryl/α,β-unsaturated/α-hetero) is 1. The molecule has 2 aliphatic heterocycles. The maximum Gasteiger partial charge on any atom is 0.223 e. The zero-order valence-corrected chi connectivity index (χ0v) is 16.7. The molecule has 3 rings (SSSR count). The van der Waals surface area contributed by atoms with Crippen molar-refractivity contribution in [2.24, 2.45) is 0 Å². The molecular formula is C21H30N2O5. The maximum atomic E-state index is 12.6. The number of benzene rings is 1. The Bertz CT molecular complexity index is 679. The first-order valence-electron chi connectivity index (χ1n) is 10.1. The number of nitrogens with zero attached hydrogens (tertiary/aromatic N) is 2. The van der Waals surface area contributed by atoms with Crippen molar-refractivity contribution in [2.75, 3.05) is 59.7 Å². The average Bonchev–Trinajstić information content (AvgIpc) is 2.97. The van der Waals surface area contributed by atoms with Crippen molar-refractivity contribution >= 4 is 11.7 Å². The molecule has 1 fully saturated rings. The molecule has 0 aliphatic carbocycles. The third-order valence-electron chi connectivity index (χ3n) is 5.19. The topological polar surface area (TPSA) is 68.3 Å². The number of carbonyl (C=O) groups excluding carboxylic acids is 2. The van der Waals surface area contributed by atoms with Gasteiger partial charge in [-0.05, 0) is 37.6 Å². The van der Waals surface area contributed by atoms with Crippen LogP contribution in [-0.4, -0.2) is 81.1 Å². The van der Waals surface area contributed by atoms with Crippen LogP contribution in [-0.2, 0) is 9.53 Å². The summed E-state index contributed by atoms with van der Waals surface area (Å²) in [5, 5.41) is 0. The molecule has 1 amide bonds. The normalized spacial score (nSPS) is 17.2. The van der Waals surface area contributed by atoms with Gasteiger partial charge in [0.1, 0.15) is 13.2 Å². The smallest absolute Gasteiger partial charge is 0.223 e. The molecule has 7 nitrogen and oxygen atoms in total. The molecule has 0 spiro atoms. The highest BCUT2D eigenvalue weighted by molar-refractivity contribution is 5.98. The van der Waals surface area contributed by atoms with Crippen molar-refractivity contribution in [1.29, 1.82) is 0 Å². The summed E-state index contributed by atoms with van der Waals surface area (Å²) in [4.78, 5) is 29.4. The van der Waals surface area contributed by atoms with Crippen molar-refractivity contribution in [3.8, 4) is 11.5 Å². The van der Waals surface area contributed by atoms with E-state index in [1.807, 2.05) is 4.90 Å². The summed E-state index contributed by atoms with van der Waals surface area (Å²) in [6.45, 7) is 6.14. The fourth-order valence-electron chi connectivity index (χ4n) is 3.62. The third-order valence-corrected chi connectivity index (χ3v) is 5.19. The highest BCUT2D eigenvalue weighted by Gasteiger charge is 2.20. The molecule has 0 unspecified atom stereocenters. The summed E-state index contributed by atoms with van der Waals surface area (Å²) >= 11 is 0. The molecule has 0 bridgehead atoms. The van der Waals surface area contributed by atoms with Crippen molar-refractivity contribution in [3.05, 3.63) is 23.8 Å². The Morgan fingerprint density at radius 3 is 2.68 bits per heavy atom. The fraction of sp³-hybridized carbons (Fsp3) is 0.619. The van der Waals surface area contributed by atoms with Crippen molar-refractivity contribution in [3.63, 3.8) is 0 Å². The SMILES string of the molecule is COCCCN1CCCN(C(=O)CCC(=O)c2ccc3c(c2)OCCO3)CC1. The van der Waals surface area contributed by atoms with Crippen molar-refractivity contribution in [1.82, 2.24) is 9.80 Å². The van der Waals surface area contributed by atoms with Crippen LogP contribution >= 0.6 is 0 Å². The largest absolute Gasteiger partial charge is 0.486 e. The number of carbonyl (C=O) groups is 2. The lowest BCUT2D eigenvalue weighted by Gasteiger charge is -2.22. The molecular weight excluding hydrogens is 360 g/mol. The lowest BCUT2D eigenvalue weighted by atomic mass is 10.1. The minimum atomic E-state index is -0.0404. The van der Waals surface area contributed by atoms with Gasteiger partial charge in [-0.25, -0.2) is 0 Å². The van der Waals surface area contributed by atoms with Crippen molar-refractivity contribution in [2.45, 2.75) is 25.7 Å². The number of ketones is 1. The van der Waals surface area contributed by atoms with E-state index in [1.54, 1.807) is 25.3 Å². The minimum Gasteiger partial charge on any atom is -0.486 e. The van der Waals surface area contributed by atoms with Crippen LogP contribution in [0.5, 0.6) is 11.5 Å². The van der Waals surface area contributed by atoms with Gasteiger partial charge >= 0.3 is 0 Å². The summed E-state index contributed by atoms with van der Waals surface area (Å²) in [6.07, 6.45) is 2.44. The Labute approximate surface area is 166 Å². The number of amides is 1. The van der Waals surface area contributed by atoms with Crippen LogP contribution in [0.2, 0.25) is 0 Å². The second kappa shape index (κ2) is 10.4. The Morgan fingerprint density at radius 2 is 1.86 bits per heavy atom.